The molecule has 1 unspecified atom stereocenters. The lowest BCUT2D eigenvalue weighted by Crippen LogP contribution is -2.23. The Morgan fingerprint density at radius 1 is 1.62 bits per heavy atom. The van der Waals surface area contributed by atoms with Crippen LogP contribution >= 0.6 is 0 Å². The molecule has 16 heavy (non-hydrogen) atoms. The van der Waals surface area contributed by atoms with Crippen LogP contribution < -0.4 is 4.74 Å². The lowest BCUT2D eigenvalue weighted by molar-refractivity contribution is -0.149. The summed E-state index contributed by atoms with van der Waals surface area (Å²) in [5.74, 6) is 0.0734. The van der Waals surface area contributed by atoms with Crippen molar-refractivity contribution in [2.45, 2.75) is 18.9 Å². The van der Waals surface area contributed by atoms with Crippen LogP contribution in [-0.2, 0) is 9.53 Å². The Kier molecular flexibility index (Phi) is 3.10. The van der Waals surface area contributed by atoms with Crippen molar-refractivity contribution in [2.75, 3.05) is 13.2 Å². The molecular weight excluding hydrogens is 208 g/mol. The van der Waals surface area contributed by atoms with Crippen molar-refractivity contribution in [3.63, 3.8) is 0 Å². The molecule has 1 aromatic rings. The van der Waals surface area contributed by atoms with Gasteiger partial charge in [-0.05, 0) is 13.0 Å². The SMILES string of the molecule is C[C@@H](OCC1COc2ccccc21)C(=O)O. The van der Waals surface area contributed by atoms with Crippen molar-refractivity contribution in [2.24, 2.45) is 0 Å². The summed E-state index contributed by atoms with van der Waals surface area (Å²) in [6.45, 7) is 2.47. The molecule has 4 nitrogen and oxygen atoms in total. The molecule has 0 spiro atoms. The lowest BCUT2D eigenvalue weighted by atomic mass is 10.0. The van der Waals surface area contributed by atoms with Crippen LogP contribution in [0.3, 0.4) is 0 Å². The van der Waals surface area contributed by atoms with Gasteiger partial charge in [-0.3, -0.25) is 0 Å². The molecule has 0 saturated carbocycles. The molecule has 2 atom stereocenters. The van der Waals surface area contributed by atoms with Crippen LogP contribution in [0.15, 0.2) is 24.3 Å². The normalized spacial score (nSPS) is 19.9. The van der Waals surface area contributed by atoms with Crippen LogP contribution in [-0.4, -0.2) is 30.4 Å². The summed E-state index contributed by atoms with van der Waals surface area (Å²) in [5.41, 5.74) is 1.10. The summed E-state index contributed by atoms with van der Waals surface area (Å²) in [7, 11) is 0. The molecule has 0 radical (unpaired) electrons. The quantitative estimate of drug-likeness (QED) is 0.841. The number of ether oxygens (including phenoxy) is 2. The molecule has 4 heteroatoms. The van der Waals surface area contributed by atoms with E-state index in [1.165, 1.54) is 6.92 Å². The van der Waals surface area contributed by atoms with Gasteiger partial charge in [0, 0.05) is 11.5 Å². The van der Waals surface area contributed by atoms with Gasteiger partial charge in [0.15, 0.2) is 6.10 Å². The third-order valence-corrected chi connectivity index (χ3v) is 2.69. The van der Waals surface area contributed by atoms with Gasteiger partial charge in [0.25, 0.3) is 0 Å². The molecule has 1 aromatic carbocycles. The second kappa shape index (κ2) is 4.53. The highest BCUT2D eigenvalue weighted by molar-refractivity contribution is 5.71. The van der Waals surface area contributed by atoms with Crippen LogP contribution in [0.25, 0.3) is 0 Å². The Morgan fingerprint density at radius 3 is 3.12 bits per heavy atom. The van der Waals surface area contributed by atoms with E-state index in [0.29, 0.717) is 13.2 Å². The zero-order chi connectivity index (χ0) is 11.5. The van der Waals surface area contributed by atoms with Crippen LogP contribution in [0.2, 0.25) is 0 Å². The van der Waals surface area contributed by atoms with Crippen LogP contribution in [0, 0.1) is 0 Å². The Labute approximate surface area is 93.8 Å². The van der Waals surface area contributed by atoms with Gasteiger partial charge in [0.05, 0.1) is 13.2 Å². The molecule has 0 bridgehead atoms. The fourth-order valence-electron chi connectivity index (χ4n) is 1.70. The molecular formula is C12H14O4. The highest BCUT2D eigenvalue weighted by Crippen LogP contribution is 2.33. The average Bonchev–Trinajstić information content (AvgIpc) is 2.69. The number of para-hydroxylation sites is 1. The maximum Gasteiger partial charge on any atom is 0.332 e. The summed E-state index contributed by atoms with van der Waals surface area (Å²) in [4.78, 5) is 10.6. The topological polar surface area (TPSA) is 55.8 Å². The Bertz CT molecular complexity index is 388. The standard InChI is InChI=1S/C12H14O4/c1-8(12(13)14)15-6-9-7-16-11-5-3-2-4-10(9)11/h2-5,8-9H,6-7H2,1H3,(H,13,14)/t8-,9?/m1/s1. The van der Waals surface area contributed by atoms with E-state index >= 15 is 0 Å². The van der Waals surface area contributed by atoms with E-state index in [4.69, 9.17) is 14.6 Å². The van der Waals surface area contributed by atoms with Gasteiger partial charge in [-0.1, -0.05) is 18.2 Å². The third kappa shape index (κ3) is 2.17. The lowest BCUT2D eigenvalue weighted by Gasteiger charge is -2.12. The van der Waals surface area contributed by atoms with E-state index in [1.54, 1.807) is 0 Å². The van der Waals surface area contributed by atoms with Crippen molar-refractivity contribution in [1.82, 2.24) is 0 Å². The van der Waals surface area contributed by atoms with Crippen LogP contribution in [0.4, 0.5) is 0 Å². The third-order valence-electron chi connectivity index (χ3n) is 2.69. The monoisotopic (exact) mass is 222 g/mol. The molecule has 0 fully saturated rings. The molecule has 0 aromatic heterocycles. The highest BCUT2D eigenvalue weighted by atomic mass is 16.5. The molecule has 1 N–H and O–H groups in total. The first-order valence-electron chi connectivity index (χ1n) is 5.24. The first-order chi connectivity index (χ1) is 7.68. The van der Waals surface area contributed by atoms with E-state index in [1.807, 2.05) is 24.3 Å². The van der Waals surface area contributed by atoms with Crippen LogP contribution in [0.1, 0.15) is 18.4 Å². The summed E-state index contributed by atoms with van der Waals surface area (Å²) in [6, 6.07) is 7.76. The zero-order valence-electron chi connectivity index (χ0n) is 9.05. The van der Waals surface area contributed by atoms with Gasteiger partial charge in [0.1, 0.15) is 5.75 Å². The van der Waals surface area contributed by atoms with Crippen molar-refractivity contribution in [1.29, 1.82) is 0 Å². The maximum atomic E-state index is 10.6. The number of rotatable bonds is 4. The first-order valence-corrected chi connectivity index (χ1v) is 5.24. The largest absolute Gasteiger partial charge is 0.493 e. The van der Waals surface area contributed by atoms with E-state index < -0.39 is 12.1 Å². The molecule has 1 aliphatic rings. The van der Waals surface area contributed by atoms with Gasteiger partial charge >= 0.3 is 5.97 Å². The molecule has 0 saturated heterocycles. The molecule has 1 heterocycles. The van der Waals surface area contributed by atoms with Crippen molar-refractivity contribution in [3.8, 4) is 5.75 Å². The zero-order valence-corrected chi connectivity index (χ0v) is 9.05. The molecule has 86 valence electrons. The minimum absolute atomic E-state index is 0.137. The Balaban J connectivity index is 1.96. The second-order valence-corrected chi connectivity index (χ2v) is 3.86. The molecule has 2 rings (SSSR count). The number of fused-ring (bicyclic) bond motifs is 1. The smallest absolute Gasteiger partial charge is 0.332 e. The van der Waals surface area contributed by atoms with E-state index in [9.17, 15) is 4.79 Å². The predicted octanol–water partition coefficient (Wildman–Crippen LogP) is 1.65. The van der Waals surface area contributed by atoms with Crippen molar-refractivity contribution < 1.29 is 19.4 Å². The fraction of sp³-hybridized carbons (Fsp3) is 0.417. The number of carboxylic acids is 1. The van der Waals surface area contributed by atoms with Crippen LogP contribution in [0.5, 0.6) is 5.75 Å². The van der Waals surface area contributed by atoms with Gasteiger partial charge in [-0.25, -0.2) is 4.79 Å². The van der Waals surface area contributed by atoms with Gasteiger partial charge in [0.2, 0.25) is 0 Å². The summed E-state index contributed by atoms with van der Waals surface area (Å²) < 4.78 is 10.7. The number of hydrogen-bond donors (Lipinski definition) is 1. The molecule has 1 aliphatic heterocycles. The van der Waals surface area contributed by atoms with Crippen molar-refractivity contribution >= 4 is 5.97 Å². The minimum atomic E-state index is -0.938. The fourth-order valence-corrected chi connectivity index (χ4v) is 1.70. The summed E-state index contributed by atoms with van der Waals surface area (Å²) in [6.07, 6.45) is -0.771. The number of benzene rings is 1. The van der Waals surface area contributed by atoms with E-state index in [2.05, 4.69) is 0 Å². The summed E-state index contributed by atoms with van der Waals surface area (Å²) in [5, 5.41) is 8.69. The second-order valence-electron chi connectivity index (χ2n) is 3.86. The minimum Gasteiger partial charge on any atom is -0.493 e. The predicted molar refractivity (Wildman–Crippen MR) is 57.7 cm³/mol. The van der Waals surface area contributed by atoms with E-state index in [-0.39, 0.29) is 5.92 Å². The van der Waals surface area contributed by atoms with Gasteiger partial charge < -0.3 is 14.6 Å². The average molecular weight is 222 g/mol. The van der Waals surface area contributed by atoms with E-state index in [0.717, 1.165) is 11.3 Å². The number of aliphatic carboxylic acids is 1. The number of carbonyl (C=O) groups is 1. The summed E-state index contributed by atoms with van der Waals surface area (Å²) >= 11 is 0. The number of carboxylic acid groups (broad SMARTS) is 1. The van der Waals surface area contributed by atoms with Crippen molar-refractivity contribution in [3.05, 3.63) is 29.8 Å². The first kappa shape index (κ1) is 11.0. The maximum absolute atomic E-state index is 10.6. The Hall–Kier alpha value is -1.55. The number of hydrogen-bond acceptors (Lipinski definition) is 3. The highest BCUT2D eigenvalue weighted by Gasteiger charge is 2.25. The molecule has 0 amide bonds. The molecule has 0 aliphatic carbocycles. The Morgan fingerprint density at radius 2 is 2.38 bits per heavy atom. The van der Waals surface area contributed by atoms with Gasteiger partial charge in [-0.2, -0.15) is 0 Å². The van der Waals surface area contributed by atoms with Gasteiger partial charge in [-0.15, -0.1) is 0 Å².